The Kier molecular flexibility index (Phi) is 4.66. The molecule has 0 spiro atoms. The van der Waals surface area contributed by atoms with Gasteiger partial charge in [-0.3, -0.25) is 4.90 Å². The van der Waals surface area contributed by atoms with E-state index in [1.807, 2.05) is 12.1 Å². The van der Waals surface area contributed by atoms with Gasteiger partial charge >= 0.3 is 0 Å². The molecular formula is C17H27N3O. The monoisotopic (exact) mass is 289 g/mol. The minimum atomic E-state index is 0.911. The Bertz CT molecular complexity index is 483. The first-order chi connectivity index (χ1) is 10.3. The average molecular weight is 289 g/mol. The molecule has 2 heterocycles. The number of hydrogen-bond acceptors (Lipinski definition) is 4. The number of benzene rings is 1. The topological polar surface area (TPSA) is 41.7 Å². The molecule has 3 rings (SSSR count). The molecule has 2 aliphatic rings. The van der Waals surface area contributed by atoms with Crippen LogP contribution in [0.3, 0.4) is 0 Å². The first-order valence-electron chi connectivity index (χ1n) is 8.17. The molecule has 0 atom stereocenters. The normalized spacial score (nSPS) is 20.2. The van der Waals surface area contributed by atoms with Gasteiger partial charge in [-0.25, -0.2) is 0 Å². The fourth-order valence-corrected chi connectivity index (χ4v) is 3.57. The molecule has 0 aromatic heterocycles. The highest BCUT2D eigenvalue weighted by atomic mass is 16.5. The smallest absolute Gasteiger partial charge is 0.122 e. The summed E-state index contributed by atoms with van der Waals surface area (Å²) in [5.74, 6) is 0.995. The summed E-state index contributed by atoms with van der Waals surface area (Å²) in [6, 6.07) is 3.98. The SMILES string of the molecule is COc1ccc(N)c2c1CCN(CCN1CCCCC1)C2. The number of nitrogen functional groups attached to an aromatic ring is 1. The van der Waals surface area contributed by atoms with Gasteiger partial charge in [-0.1, -0.05) is 6.42 Å². The summed E-state index contributed by atoms with van der Waals surface area (Å²) in [6.07, 6.45) is 5.19. The van der Waals surface area contributed by atoms with Crippen LogP contribution in [0.15, 0.2) is 12.1 Å². The number of nitrogens with zero attached hydrogens (tertiary/aromatic N) is 2. The van der Waals surface area contributed by atoms with E-state index in [-0.39, 0.29) is 0 Å². The van der Waals surface area contributed by atoms with Crippen molar-refractivity contribution in [1.29, 1.82) is 0 Å². The molecule has 0 amide bonds. The summed E-state index contributed by atoms with van der Waals surface area (Å²) >= 11 is 0. The molecule has 0 saturated carbocycles. The highest BCUT2D eigenvalue weighted by Gasteiger charge is 2.22. The van der Waals surface area contributed by atoms with Gasteiger partial charge in [-0.05, 0) is 50.0 Å². The van der Waals surface area contributed by atoms with Crippen LogP contribution in [-0.2, 0) is 13.0 Å². The van der Waals surface area contributed by atoms with Crippen LogP contribution >= 0.6 is 0 Å². The van der Waals surface area contributed by atoms with Crippen LogP contribution in [0.25, 0.3) is 0 Å². The number of ether oxygens (including phenoxy) is 1. The number of fused-ring (bicyclic) bond motifs is 1. The van der Waals surface area contributed by atoms with Gasteiger partial charge in [0.05, 0.1) is 7.11 Å². The van der Waals surface area contributed by atoms with Crippen LogP contribution in [0, 0.1) is 0 Å². The lowest BCUT2D eigenvalue weighted by Crippen LogP contribution is -2.40. The molecule has 2 N–H and O–H groups in total. The zero-order chi connectivity index (χ0) is 14.7. The maximum atomic E-state index is 6.17. The molecule has 1 saturated heterocycles. The van der Waals surface area contributed by atoms with Crippen molar-refractivity contribution in [3.63, 3.8) is 0 Å². The standard InChI is InChI=1S/C17H27N3O/c1-21-17-6-5-16(18)15-13-20(10-7-14(15)17)12-11-19-8-3-2-4-9-19/h5-6H,2-4,7-13,18H2,1H3. The Morgan fingerprint density at radius 3 is 2.52 bits per heavy atom. The van der Waals surface area contributed by atoms with Crippen LogP contribution in [0.2, 0.25) is 0 Å². The summed E-state index contributed by atoms with van der Waals surface area (Å²) < 4.78 is 5.48. The van der Waals surface area contributed by atoms with E-state index in [9.17, 15) is 0 Å². The lowest BCUT2D eigenvalue weighted by molar-refractivity contribution is 0.173. The second-order valence-electron chi connectivity index (χ2n) is 6.24. The number of methoxy groups -OCH3 is 1. The highest BCUT2D eigenvalue weighted by molar-refractivity contribution is 5.57. The van der Waals surface area contributed by atoms with Gasteiger partial charge in [0.25, 0.3) is 0 Å². The highest BCUT2D eigenvalue weighted by Crippen LogP contribution is 2.31. The number of likely N-dealkylation sites (tertiary alicyclic amines) is 1. The molecular weight excluding hydrogens is 262 g/mol. The molecule has 4 heteroatoms. The van der Waals surface area contributed by atoms with Crippen LogP contribution in [0.5, 0.6) is 5.75 Å². The Morgan fingerprint density at radius 1 is 1.00 bits per heavy atom. The van der Waals surface area contributed by atoms with E-state index in [0.29, 0.717) is 0 Å². The number of rotatable bonds is 4. The van der Waals surface area contributed by atoms with Crippen LogP contribution in [0.1, 0.15) is 30.4 Å². The van der Waals surface area contributed by atoms with Crippen molar-refractivity contribution in [3.8, 4) is 5.75 Å². The quantitative estimate of drug-likeness (QED) is 0.862. The summed E-state index contributed by atoms with van der Waals surface area (Å²) in [4.78, 5) is 5.14. The Morgan fingerprint density at radius 2 is 1.76 bits per heavy atom. The van der Waals surface area contributed by atoms with Gasteiger partial charge in [0.2, 0.25) is 0 Å². The van der Waals surface area contributed by atoms with Gasteiger partial charge < -0.3 is 15.4 Å². The summed E-state index contributed by atoms with van der Waals surface area (Å²) in [6.45, 7) is 6.98. The summed E-state index contributed by atoms with van der Waals surface area (Å²) in [5, 5.41) is 0. The van der Waals surface area contributed by atoms with E-state index in [1.54, 1.807) is 7.11 Å². The van der Waals surface area contributed by atoms with Crippen LogP contribution in [0.4, 0.5) is 5.69 Å². The molecule has 2 aliphatic heterocycles. The van der Waals surface area contributed by atoms with E-state index in [1.165, 1.54) is 50.0 Å². The van der Waals surface area contributed by atoms with Crippen LogP contribution in [-0.4, -0.2) is 49.6 Å². The molecule has 0 radical (unpaired) electrons. The third-order valence-corrected chi connectivity index (χ3v) is 4.89. The van der Waals surface area contributed by atoms with E-state index >= 15 is 0 Å². The van der Waals surface area contributed by atoms with Crippen molar-refractivity contribution in [1.82, 2.24) is 9.80 Å². The molecule has 1 aromatic carbocycles. The summed E-state index contributed by atoms with van der Waals surface area (Å²) in [7, 11) is 1.74. The van der Waals surface area contributed by atoms with Crippen molar-refractivity contribution in [2.24, 2.45) is 0 Å². The molecule has 1 fully saturated rings. The van der Waals surface area contributed by atoms with Gasteiger partial charge in [-0.2, -0.15) is 0 Å². The second-order valence-corrected chi connectivity index (χ2v) is 6.24. The van der Waals surface area contributed by atoms with Crippen molar-refractivity contribution >= 4 is 5.69 Å². The predicted molar refractivity (Wildman–Crippen MR) is 86.7 cm³/mol. The lowest BCUT2D eigenvalue weighted by Gasteiger charge is -2.33. The first-order valence-corrected chi connectivity index (χ1v) is 8.17. The van der Waals surface area contributed by atoms with Gasteiger partial charge in [0.1, 0.15) is 5.75 Å². The zero-order valence-corrected chi connectivity index (χ0v) is 13.1. The van der Waals surface area contributed by atoms with Gasteiger partial charge in [0, 0.05) is 37.4 Å². The fourth-order valence-electron chi connectivity index (χ4n) is 3.57. The molecule has 0 bridgehead atoms. The lowest BCUT2D eigenvalue weighted by atomic mass is 9.97. The number of hydrogen-bond donors (Lipinski definition) is 1. The van der Waals surface area contributed by atoms with E-state index < -0.39 is 0 Å². The Hall–Kier alpha value is -1.26. The minimum absolute atomic E-state index is 0.911. The number of piperidine rings is 1. The third kappa shape index (κ3) is 3.33. The molecule has 0 unspecified atom stereocenters. The van der Waals surface area contributed by atoms with E-state index in [4.69, 9.17) is 10.5 Å². The first kappa shape index (κ1) is 14.7. The minimum Gasteiger partial charge on any atom is -0.496 e. The van der Waals surface area contributed by atoms with Crippen molar-refractivity contribution in [3.05, 3.63) is 23.3 Å². The third-order valence-electron chi connectivity index (χ3n) is 4.89. The van der Waals surface area contributed by atoms with Crippen molar-refractivity contribution in [2.75, 3.05) is 45.6 Å². The van der Waals surface area contributed by atoms with Crippen molar-refractivity contribution in [2.45, 2.75) is 32.2 Å². The predicted octanol–water partition coefficient (Wildman–Crippen LogP) is 2.12. The number of anilines is 1. The Balaban J connectivity index is 1.61. The van der Waals surface area contributed by atoms with E-state index in [0.717, 1.165) is 37.5 Å². The molecule has 4 nitrogen and oxygen atoms in total. The number of nitrogens with two attached hydrogens (primary N) is 1. The second kappa shape index (κ2) is 6.67. The average Bonchev–Trinajstić information content (AvgIpc) is 2.54. The van der Waals surface area contributed by atoms with Crippen molar-refractivity contribution < 1.29 is 4.74 Å². The maximum absolute atomic E-state index is 6.17. The molecule has 21 heavy (non-hydrogen) atoms. The fraction of sp³-hybridized carbons (Fsp3) is 0.647. The van der Waals surface area contributed by atoms with Crippen LogP contribution < -0.4 is 10.5 Å². The zero-order valence-electron chi connectivity index (χ0n) is 13.1. The molecule has 0 aliphatic carbocycles. The molecule has 1 aromatic rings. The van der Waals surface area contributed by atoms with E-state index in [2.05, 4.69) is 9.80 Å². The largest absolute Gasteiger partial charge is 0.496 e. The molecule has 116 valence electrons. The maximum Gasteiger partial charge on any atom is 0.122 e. The Labute approximate surface area is 127 Å². The summed E-state index contributed by atoms with van der Waals surface area (Å²) in [5.41, 5.74) is 9.67. The van der Waals surface area contributed by atoms with Gasteiger partial charge in [0.15, 0.2) is 0 Å². The van der Waals surface area contributed by atoms with Gasteiger partial charge in [-0.15, -0.1) is 0 Å².